The van der Waals surface area contributed by atoms with Crippen molar-refractivity contribution in [1.82, 2.24) is 14.5 Å². The normalized spacial score (nSPS) is 10.9. The highest BCUT2D eigenvalue weighted by molar-refractivity contribution is 5.94. The van der Waals surface area contributed by atoms with Gasteiger partial charge in [0.1, 0.15) is 5.82 Å². The quantitative estimate of drug-likeness (QED) is 0.736. The van der Waals surface area contributed by atoms with E-state index >= 15 is 0 Å². The molecule has 2 aromatic rings. The summed E-state index contributed by atoms with van der Waals surface area (Å²) in [7, 11) is 1.66. The lowest BCUT2D eigenvalue weighted by molar-refractivity contribution is -0.119. The fourth-order valence-electron chi connectivity index (χ4n) is 2.43. The molecule has 0 spiro atoms. The van der Waals surface area contributed by atoms with Crippen molar-refractivity contribution in [3.05, 3.63) is 48.5 Å². The third kappa shape index (κ3) is 5.09. The van der Waals surface area contributed by atoms with Gasteiger partial charge in [-0.3, -0.25) is 14.3 Å². The highest BCUT2D eigenvalue weighted by Crippen LogP contribution is 2.16. The second-order valence-corrected chi connectivity index (χ2v) is 5.49. The van der Waals surface area contributed by atoms with E-state index < -0.39 is 6.55 Å². The summed E-state index contributed by atoms with van der Waals surface area (Å²) in [6.07, 6.45) is 2.72. The maximum Gasteiger partial charge on any atom is 0.319 e. The maximum atomic E-state index is 12.9. The van der Waals surface area contributed by atoms with Gasteiger partial charge in [-0.15, -0.1) is 0 Å². The lowest BCUT2D eigenvalue weighted by Gasteiger charge is -2.25. The minimum atomic E-state index is -2.67. The number of anilines is 1. The average molecular weight is 347 g/mol. The van der Waals surface area contributed by atoms with Crippen LogP contribution in [0.4, 0.5) is 14.5 Å². The molecule has 0 atom stereocenters. The van der Waals surface area contributed by atoms with E-state index in [2.05, 4.69) is 4.98 Å². The molecule has 0 saturated carbocycles. The molecule has 8 heteroatoms. The molecular formula is C17H19F2N5O. The molecule has 0 saturated heterocycles. The molecule has 0 unspecified atom stereocenters. The van der Waals surface area contributed by atoms with E-state index in [9.17, 15) is 13.6 Å². The predicted octanol–water partition coefficient (Wildman–Crippen LogP) is 2.66. The Kier molecular flexibility index (Phi) is 6.60. The van der Waals surface area contributed by atoms with Gasteiger partial charge < -0.3 is 4.90 Å². The summed E-state index contributed by atoms with van der Waals surface area (Å²) in [6.45, 7) is -2.25. The number of nitriles is 1. The van der Waals surface area contributed by atoms with Gasteiger partial charge in [-0.25, -0.2) is 4.98 Å². The zero-order valence-electron chi connectivity index (χ0n) is 13.8. The first-order valence-electron chi connectivity index (χ1n) is 7.73. The molecular weight excluding hydrogens is 328 g/mol. The van der Waals surface area contributed by atoms with Crippen LogP contribution < -0.4 is 4.90 Å². The Morgan fingerprint density at radius 3 is 2.72 bits per heavy atom. The van der Waals surface area contributed by atoms with Gasteiger partial charge in [0.05, 0.1) is 25.6 Å². The average Bonchev–Trinajstić information content (AvgIpc) is 3.04. The van der Waals surface area contributed by atoms with Crippen LogP contribution in [-0.4, -0.2) is 40.5 Å². The highest BCUT2D eigenvalue weighted by Gasteiger charge is 2.19. The zero-order chi connectivity index (χ0) is 18.2. The lowest BCUT2D eigenvalue weighted by atomic mass is 10.2. The molecule has 1 amide bonds. The van der Waals surface area contributed by atoms with Crippen molar-refractivity contribution >= 4 is 11.6 Å². The number of nitrogens with zero attached hydrogens (tertiary/aromatic N) is 5. The monoisotopic (exact) mass is 347 g/mol. The standard InChI is InChI=1S/C17H19F2N5O/c1-22(12-15-21-9-11-24(15)17(18)19)13-16(25)23(10-5-8-20)14-6-3-2-4-7-14/h2-4,6-7,9,11,17H,5,10,12-13H2,1H3. The second-order valence-electron chi connectivity index (χ2n) is 5.49. The molecule has 0 bridgehead atoms. The van der Waals surface area contributed by atoms with E-state index in [0.717, 1.165) is 4.57 Å². The molecule has 2 rings (SSSR count). The summed E-state index contributed by atoms with van der Waals surface area (Å²) in [6, 6.07) is 11.1. The van der Waals surface area contributed by atoms with Crippen molar-refractivity contribution in [3.63, 3.8) is 0 Å². The number of rotatable bonds is 8. The highest BCUT2D eigenvalue weighted by atomic mass is 19.3. The van der Waals surface area contributed by atoms with Crippen molar-refractivity contribution in [2.75, 3.05) is 25.0 Å². The van der Waals surface area contributed by atoms with Crippen LogP contribution in [0, 0.1) is 11.3 Å². The molecule has 1 aromatic heterocycles. The van der Waals surface area contributed by atoms with Crippen LogP contribution in [0.3, 0.4) is 0 Å². The number of benzene rings is 1. The summed E-state index contributed by atoms with van der Waals surface area (Å²) in [5, 5.41) is 8.80. The number of hydrogen-bond acceptors (Lipinski definition) is 4. The first-order chi connectivity index (χ1) is 12.0. The predicted molar refractivity (Wildman–Crippen MR) is 88.8 cm³/mol. The Morgan fingerprint density at radius 2 is 2.08 bits per heavy atom. The molecule has 25 heavy (non-hydrogen) atoms. The molecule has 0 radical (unpaired) electrons. The molecule has 1 heterocycles. The van der Waals surface area contributed by atoms with Crippen molar-refractivity contribution in [2.45, 2.75) is 19.5 Å². The first kappa shape index (κ1) is 18.5. The van der Waals surface area contributed by atoms with Gasteiger partial charge in [0, 0.05) is 24.6 Å². The molecule has 132 valence electrons. The number of hydrogen-bond donors (Lipinski definition) is 0. The number of likely N-dealkylation sites (N-methyl/N-ethyl adjacent to an activating group) is 1. The van der Waals surface area contributed by atoms with Crippen LogP contribution in [-0.2, 0) is 11.3 Å². The minimum Gasteiger partial charge on any atom is -0.310 e. The molecule has 1 aromatic carbocycles. The molecule has 0 aliphatic heterocycles. The fraction of sp³-hybridized carbons (Fsp3) is 0.353. The Hall–Kier alpha value is -2.79. The molecule has 0 aliphatic rings. The summed E-state index contributed by atoms with van der Waals surface area (Å²) in [5.74, 6) is -0.0207. The van der Waals surface area contributed by atoms with Crippen LogP contribution >= 0.6 is 0 Å². The largest absolute Gasteiger partial charge is 0.319 e. The van der Waals surface area contributed by atoms with Crippen LogP contribution in [0.25, 0.3) is 0 Å². The van der Waals surface area contributed by atoms with Crippen LogP contribution in [0.1, 0.15) is 18.8 Å². The Balaban J connectivity index is 2.04. The SMILES string of the molecule is CN(CC(=O)N(CCC#N)c1ccccc1)Cc1nccn1C(F)F. The second kappa shape index (κ2) is 8.89. The van der Waals surface area contributed by atoms with Crippen LogP contribution in [0.2, 0.25) is 0 Å². The number of halogens is 2. The summed E-state index contributed by atoms with van der Waals surface area (Å²) >= 11 is 0. The van der Waals surface area contributed by atoms with Gasteiger partial charge in [0.2, 0.25) is 5.91 Å². The van der Waals surface area contributed by atoms with Gasteiger partial charge in [-0.2, -0.15) is 14.0 Å². The minimum absolute atomic E-state index is 0.0242. The summed E-state index contributed by atoms with van der Waals surface area (Å²) < 4.78 is 26.5. The summed E-state index contributed by atoms with van der Waals surface area (Å²) in [4.78, 5) is 19.7. The number of carbonyl (C=O) groups is 1. The number of para-hydroxylation sites is 1. The number of amides is 1. The van der Waals surface area contributed by atoms with Gasteiger partial charge in [-0.05, 0) is 19.2 Å². The third-order valence-electron chi connectivity index (χ3n) is 3.59. The van der Waals surface area contributed by atoms with Gasteiger partial charge >= 0.3 is 6.55 Å². The van der Waals surface area contributed by atoms with Gasteiger partial charge in [0.25, 0.3) is 0 Å². The van der Waals surface area contributed by atoms with Crippen molar-refractivity contribution in [3.8, 4) is 6.07 Å². The van der Waals surface area contributed by atoms with Crippen LogP contribution in [0.15, 0.2) is 42.7 Å². The van der Waals surface area contributed by atoms with E-state index in [0.29, 0.717) is 5.69 Å². The Labute approximate surface area is 144 Å². The zero-order valence-corrected chi connectivity index (χ0v) is 13.8. The van der Waals surface area contributed by atoms with Crippen LogP contribution in [0.5, 0.6) is 0 Å². The van der Waals surface area contributed by atoms with E-state index in [4.69, 9.17) is 5.26 Å². The van der Waals surface area contributed by atoms with E-state index in [1.807, 2.05) is 24.3 Å². The molecule has 0 N–H and O–H groups in total. The fourth-order valence-corrected chi connectivity index (χ4v) is 2.43. The number of alkyl halides is 2. The number of imidazole rings is 1. The topological polar surface area (TPSA) is 65.2 Å². The van der Waals surface area contributed by atoms with Crippen molar-refractivity contribution in [2.24, 2.45) is 0 Å². The molecule has 0 aliphatic carbocycles. The van der Waals surface area contributed by atoms with Crippen molar-refractivity contribution in [1.29, 1.82) is 5.26 Å². The van der Waals surface area contributed by atoms with E-state index in [1.165, 1.54) is 17.3 Å². The number of carbonyl (C=O) groups excluding carboxylic acids is 1. The lowest BCUT2D eigenvalue weighted by Crippen LogP contribution is -2.39. The molecule has 6 nitrogen and oxygen atoms in total. The van der Waals surface area contributed by atoms with E-state index in [1.54, 1.807) is 24.1 Å². The Morgan fingerprint density at radius 1 is 1.36 bits per heavy atom. The molecule has 0 fully saturated rings. The first-order valence-corrected chi connectivity index (χ1v) is 7.73. The third-order valence-corrected chi connectivity index (χ3v) is 3.59. The Bertz CT molecular complexity index is 726. The smallest absolute Gasteiger partial charge is 0.310 e. The van der Waals surface area contributed by atoms with E-state index in [-0.39, 0.29) is 37.8 Å². The van der Waals surface area contributed by atoms with Gasteiger partial charge in [-0.1, -0.05) is 18.2 Å². The maximum absolute atomic E-state index is 12.9. The van der Waals surface area contributed by atoms with Gasteiger partial charge in [0.15, 0.2) is 0 Å². The van der Waals surface area contributed by atoms with Crippen molar-refractivity contribution < 1.29 is 13.6 Å². The number of aromatic nitrogens is 2. The summed E-state index contributed by atoms with van der Waals surface area (Å²) in [5.41, 5.74) is 0.699.